The minimum absolute atomic E-state index is 0.0234. The van der Waals surface area contributed by atoms with E-state index in [0.29, 0.717) is 46.2 Å². The van der Waals surface area contributed by atoms with Crippen molar-refractivity contribution in [2.75, 3.05) is 53.2 Å². The molecule has 4 bridgehead atoms. The van der Waals surface area contributed by atoms with Gasteiger partial charge in [-0.05, 0) is 119 Å². The Balaban J connectivity index is 1.17. The number of hydrogen-bond acceptors (Lipinski definition) is 6. The average Bonchev–Trinajstić information content (AvgIpc) is 3.02. The Labute approximate surface area is 274 Å². The van der Waals surface area contributed by atoms with Gasteiger partial charge in [0.2, 0.25) is 5.95 Å². The van der Waals surface area contributed by atoms with Crippen LogP contribution in [0.3, 0.4) is 0 Å². The zero-order chi connectivity index (χ0) is 32.7. The number of urea groups is 1. The molecule has 2 aromatic carbocycles. The van der Waals surface area contributed by atoms with Crippen molar-refractivity contribution in [3.8, 4) is 0 Å². The van der Waals surface area contributed by atoms with Gasteiger partial charge in [-0.2, -0.15) is 18.2 Å². The van der Waals surface area contributed by atoms with Crippen molar-refractivity contribution in [1.82, 2.24) is 14.9 Å². The molecule has 4 aliphatic carbocycles. The smallest absolute Gasteiger partial charge is 0.369 e. The summed E-state index contributed by atoms with van der Waals surface area (Å²) in [5.74, 6) is 2.47. The molecule has 0 atom stereocenters. The number of rotatable bonds is 5. The quantitative estimate of drug-likeness (QED) is 0.310. The lowest BCUT2D eigenvalue weighted by atomic mass is 9.52. The van der Waals surface area contributed by atoms with Gasteiger partial charge in [-0.25, -0.2) is 9.78 Å². The third-order valence-corrected chi connectivity index (χ3v) is 11.6. The summed E-state index contributed by atoms with van der Waals surface area (Å²) in [5, 5.41) is 3.34. The Hall–Kier alpha value is -3.86. The lowest BCUT2D eigenvalue weighted by Crippen LogP contribution is -2.66. The van der Waals surface area contributed by atoms with Gasteiger partial charge in [0.05, 0.1) is 23.3 Å². The number of piperazine rings is 1. The van der Waals surface area contributed by atoms with E-state index in [2.05, 4.69) is 39.3 Å². The van der Waals surface area contributed by atoms with E-state index in [1.165, 1.54) is 35.9 Å². The number of amides is 2. The first-order valence-corrected chi connectivity index (χ1v) is 16.9. The number of hydrogen-bond donors (Lipinski definition) is 1. The molecular formula is C36H42F3N7O. The van der Waals surface area contributed by atoms with E-state index in [4.69, 9.17) is 4.98 Å². The summed E-state index contributed by atoms with van der Waals surface area (Å²) in [6.07, 6.45) is 3.18. The second kappa shape index (κ2) is 11.1. The summed E-state index contributed by atoms with van der Waals surface area (Å²) in [7, 11) is 2.14. The first kappa shape index (κ1) is 30.5. The number of alkyl halides is 3. The van der Waals surface area contributed by atoms with E-state index in [0.717, 1.165) is 57.2 Å². The molecule has 2 amide bonds. The lowest BCUT2D eigenvalue weighted by molar-refractivity contribution is -0.137. The lowest BCUT2D eigenvalue weighted by Gasteiger charge is -2.61. The van der Waals surface area contributed by atoms with Gasteiger partial charge in [-0.15, -0.1) is 0 Å². The van der Waals surface area contributed by atoms with E-state index in [1.54, 1.807) is 20.0 Å². The largest absolute Gasteiger partial charge is 0.418 e. The highest BCUT2D eigenvalue weighted by molar-refractivity contribution is 6.07. The highest BCUT2D eigenvalue weighted by Gasteiger charge is 2.57. The van der Waals surface area contributed by atoms with Crippen molar-refractivity contribution in [3.05, 3.63) is 64.8 Å². The molecule has 2 aliphatic heterocycles. The highest BCUT2D eigenvalue weighted by Crippen LogP contribution is 2.59. The minimum atomic E-state index is -4.61. The zero-order valence-electron chi connectivity index (χ0n) is 27.3. The molecule has 0 radical (unpaired) electrons. The van der Waals surface area contributed by atoms with Gasteiger partial charge in [-0.1, -0.05) is 6.07 Å². The predicted octanol–water partition coefficient (Wildman–Crippen LogP) is 7.52. The average molecular weight is 646 g/mol. The standard InChI is InChI=1S/C36H42F3N7O/c1-22-4-9-30(36(37,38)39)31(23(22)2)45-21-27-20-40-33(41-28-5-7-29(8-6-28)44-12-10-43(3)11-13-44)42-32(27)46(34(45)47)35-17-24-14-25(18-35)16-26(15-24)19-35/h4-9,20,24-26H,10-19,21H2,1-3H3,(H,40,41,42). The number of likely N-dealkylation sites (N-methyl/N-ethyl adjacent to an activating group) is 1. The number of fused-ring (bicyclic) bond motifs is 1. The molecule has 47 heavy (non-hydrogen) atoms. The van der Waals surface area contributed by atoms with Crippen LogP contribution in [0.2, 0.25) is 0 Å². The van der Waals surface area contributed by atoms with Gasteiger partial charge in [0, 0.05) is 49.3 Å². The second-order valence-corrected chi connectivity index (χ2v) is 14.8. The SMILES string of the molecule is Cc1ccc(C(F)(F)F)c(N2Cc3cnc(Nc4ccc(N5CCN(C)CC5)cc4)nc3N(C34CC5CC(CC(C5)C3)C4)C2=O)c1C. The first-order valence-electron chi connectivity index (χ1n) is 16.9. The molecule has 248 valence electrons. The maximum atomic E-state index is 14.8. The Bertz CT molecular complexity index is 1660. The summed E-state index contributed by atoms with van der Waals surface area (Å²) >= 11 is 0. The van der Waals surface area contributed by atoms with E-state index >= 15 is 0 Å². The number of nitrogens with one attached hydrogen (secondary N) is 1. The summed E-state index contributed by atoms with van der Waals surface area (Å²) in [6, 6.07) is 10.4. The Morgan fingerprint density at radius 3 is 2.15 bits per heavy atom. The second-order valence-electron chi connectivity index (χ2n) is 14.8. The topological polar surface area (TPSA) is 67.8 Å². The summed E-state index contributed by atoms with van der Waals surface area (Å²) in [6.45, 7) is 7.46. The molecule has 6 aliphatic rings. The third kappa shape index (κ3) is 5.30. The van der Waals surface area contributed by atoms with Gasteiger partial charge in [-0.3, -0.25) is 9.80 Å². The Morgan fingerprint density at radius 2 is 1.53 bits per heavy atom. The van der Waals surface area contributed by atoms with Crippen LogP contribution in [0, 0.1) is 31.6 Å². The molecule has 1 saturated heterocycles. The van der Waals surface area contributed by atoms with E-state index in [1.807, 2.05) is 17.0 Å². The van der Waals surface area contributed by atoms with Crippen LogP contribution >= 0.6 is 0 Å². The summed E-state index contributed by atoms with van der Waals surface area (Å²) in [4.78, 5) is 32.3. The van der Waals surface area contributed by atoms with Gasteiger partial charge in [0.15, 0.2) is 0 Å². The van der Waals surface area contributed by atoms with Crippen LogP contribution in [0.4, 0.5) is 46.8 Å². The number of aromatic nitrogens is 2. The van der Waals surface area contributed by atoms with Gasteiger partial charge < -0.3 is 15.1 Å². The fourth-order valence-corrected chi connectivity index (χ4v) is 9.48. The van der Waals surface area contributed by atoms with E-state index < -0.39 is 23.3 Å². The molecule has 3 aromatic rings. The molecule has 1 aromatic heterocycles. The maximum absolute atomic E-state index is 14.8. The molecule has 11 heteroatoms. The monoisotopic (exact) mass is 645 g/mol. The van der Waals surface area contributed by atoms with Crippen LogP contribution in [0.25, 0.3) is 0 Å². The number of carbonyl (C=O) groups excluding carboxylic acids is 1. The summed E-state index contributed by atoms with van der Waals surface area (Å²) < 4.78 is 43.4. The minimum Gasteiger partial charge on any atom is -0.369 e. The van der Waals surface area contributed by atoms with Gasteiger partial charge in [0.1, 0.15) is 5.82 Å². The fraction of sp³-hybridized carbons (Fsp3) is 0.528. The molecule has 9 rings (SSSR count). The number of carbonyl (C=O) groups is 1. The molecule has 1 N–H and O–H groups in total. The number of anilines is 5. The molecule has 5 fully saturated rings. The zero-order valence-corrected chi connectivity index (χ0v) is 27.3. The van der Waals surface area contributed by atoms with Gasteiger partial charge >= 0.3 is 12.2 Å². The summed E-state index contributed by atoms with van der Waals surface area (Å²) in [5.41, 5.74) is 2.50. The number of aryl methyl sites for hydroxylation is 1. The number of halogens is 3. The first-order chi connectivity index (χ1) is 22.5. The van der Waals surface area contributed by atoms with Crippen LogP contribution < -0.4 is 20.0 Å². The molecule has 3 heterocycles. The van der Waals surface area contributed by atoms with Crippen molar-refractivity contribution in [1.29, 1.82) is 0 Å². The van der Waals surface area contributed by atoms with Gasteiger partial charge in [0.25, 0.3) is 0 Å². The normalized spacial score (nSPS) is 27.4. The predicted molar refractivity (Wildman–Crippen MR) is 177 cm³/mol. The van der Waals surface area contributed by atoms with E-state index in [9.17, 15) is 18.0 Å². The van der Waals surface area contributed by atoms with Crippen molar-refractivity contribution in [2.24, 2.45) is 17.8 Å². The highest BCUT2D eigenvalue weighted by atomic mass is 19.4. The van der Waals surface area contributed by atoms with E-state index in [-0.39, 0.29) is 12.2 Å². The Kier molecular flexibility index (Phi) is 7.20. The Morgan fingerprint density at radius 1 is 0.894 bits per heavy atom. The fourth-order valence-electron chi connectivity index (χ4n) is 9.48. The van der Waals surface area contributed by atoms with Crippen molar-refractivity contribution in [3.63, 3.8) is 0 Å². The molecule has 4 saturated carbocycles. The maximum Gasteiger partial charge on any atom is 0.418 e. The van der Waals surface area contributed by atoms with Crippen molar-refractivity contribution < 1.29 is 18.0 Å². The van der Waals surface area contributed by atoms with Crippen LogP contribution in [-0.2, 0) is 12.7 Å². The van der Waals surface area contributed by atoms with Crippen LogP contribution in [-0.4, -0.2) is 59.7 Å². The molecule has 0 spiro atoms. The number of nitrogens with zero attached hydrogens (tertiary/aromatic N) is 6. The number of benzene rings is 2. The third-order valence-electron chi connectivity index (χ3n) is 11.6. The van der Waals surface area contributed by atoms with Crippen LogP contribution in [0.15, 0.2) is 42.6 Å². The van der Waals surface area contributed by atoms with Crippen LogP contribution in [0.1, 0.15) is 60.8 Å². The molecule has 0 unspecified atom stereocenters. The molecule has 8 nitrogen and oxygen atoms in total. The van der Waals surface area contributed by atoms with Crippen molar-refractivity contribution in [2.45, 2.75) is 70.6 Å². The van der Waals surface area contributed by atoms with Crippen LogP contribution in [0.5, 0.6) is 0 Å². The molecular weight excluding hydrogens is 603 g/mol. The van der Waals surface area contributed by atoms with Crippen molar-refractivity contribution >= 4 is 34.9 Å².